The fourth-order valence-electron chi connectivity index (χ4n) is 2.33. The number of nitrogens with zero attached hydrogens (tertiary/aromatic N) is 3. The van der Waals surface area contributed by atoms with E-state index in [2.05, 4.69) is 44.9 Å². The summed E-state index contributed by atoms with van der Waals surface area (Å²) in [5.74, 6) is 1.38. The lowest BCUT2D eigenvalue weighted by molar-refractivity contribution is 0.271. The van der Waals surface area contributed by atoms with Crippen molar-refractivity contribution in [2.24, 2.45) is 11.7 Å². The molecular formula is C17H26N4O. The van der Waals surface area contributed by atoms with E-state index in [1.807, 2.05) is 28.9 Å². The molecule has 0 fully saturated rings. The molecule has 0 aliphatic heterocycles. The third kappa shape index (κ3) is 3.65. The molecule has 120 valence electrons. The van der Waals surface area contributed by atoms with Gasteiger partial charge < -0.3 is 10.5 Å². The van der Waals surface area contributed by atoms with Crippen molar-refractivity contribution < 1.29 is 4.74 Å². The molecule has 0 unspecified atom stereocenters. The molecule has 1 heterocycles. The van der Waals surface area contributed by atoms with Crippen LogP contribution in [-0.2, 0) is 12.0 Å². The van der Waals surface area contributed by atoms with Crippen molar-refractivity contribution in [2.45, 2.75) is 46.6 Å². The van der Waals surface area contributed by atoms with Crippen LogP contribution in [0.4, 0.5) is 0 Å². The largest absolute Gasteiger partial charge is 0.493 e. The molecule has 0 aliphatic rings. The highest BCUT2D eigenvalue weighted by Gasteiger charge is 2.25. The smallest absolute Gasteiger partial charge is 0.119 e. The molecule has 0 saturated carbocycles. The maximum absolute atomic E-state index is 5.79. The van der Waals surface area contributed by atoms with Crippen molar-refractivity contribution in [3.63, 3.8) is 0 Å². The van der Waals surface area contributed by atoms with Gasteiger partial charge in [-0.15, -0.1) is 5.10 Å². The molecule has 0 bridgehead atoms. The van der Waals surface area contributed by atoms with Crippen LogP contribution in [0.5, 0.6) is 5.75 Å². The second kappa shape index (κ2) is 6.48. The zero-order valence-corrected chi connectivity index (χ0v) is 14.1. The van der Waals surface area contributed by atoms with Gasteiger partial charge in [-0.25, -0.2) is 4.68 Å². The van der Waals surface area contributed by atoms with Crippen molar-refractivity contribution in [3.8, 4) is 11.4 Å². The standard InChI is InChI=1S/C17H26N4O/c1-12(2)11-22-14-8-6-13(7-9-14)21-16(17(3,4)5)15(10-18)19-20-21/h6-9,12H,10-11,18H2,1-5H3. The van der Waals surface area contributed by atoms with Gasteiger partial charge in [0.15, 0.2) is 0 Å². The zero-order chi connectivity index (χ0) is 16.3. The number of benzene rings is 1. The van der Waals surface area contributed by atoms with E-state index in [1.54, 1.807) is 0 Å². The van der Waals surface area contributed by atoms with Crippen LogP contribution in [0.3, 0.4) is 0 Å². The van der Waals surface area contributed by atoms with Gasteiger partial charge >= 0.3 is 0 Å². The normalized spacial score (nSPS) is 12.0. The van der Waals surface area contributed by atoms with Crippen molar-refractivity contribution >= 4 is 0 Å². The Balaban J connectivity index is 2.31. The molecule has 22 heavy (non-hydrogen) atoms. The first-order valence-electron chi connectivity index (χ1n) is 7.71. The Labute approximate surface area is 132 Å². The van der Waals surface area contributed by atoms with E-state index in [0.717, 1.165) is 22.8 Å². The van der Waals surface area contributed by atoms with Gasteiger partial charge in [-0.1, -0.05) is 39.8 Å². The Morgan fingerprint density at radius 3 is 2.32 bits per heavy atom. The number of nitrogens with two attached hydrogens (primary N) is 1. The second-order valence-corrected chi connectivity index (χ2v) is 6.95. The predicted octanol–water partition coefficient (Wildman–Crippen LogP) is 3.06. The van der Waals surface area contributed by atoms with Crippen LogP contribution in [0.15, 0.2) is 24.3 Å². The van der Waals surface area contributed by atoms with E-state index in [0.29, 0.717) is 19.1 Å². The van der Waals surface area contributed by atoms with Crippen LogP contribution < -0.4 is 10.5 Å². The summed E-state index contributed by atoms with van der Waals surface area (Å²) in [6.45, 7) is 11.8. The molecule has 1 aromatic heterocycles. The predicted molar refractivity (Wildman–Crippen MR) is 88.3 cm³/mol. The van der Waals surface area contributed by atoms with E-state index >= 15 is 0 Å². The molecule has 0 amide bonds. The first-order valence-corrected chi connectivity index (χ1v) is 7.71. The molecule has 0 saturated heterocycles. The number of rotatable bonds is 5. The van der Waals surface area contributed by atoms with E-state index in [-0.39, 0.29) is 5.41 Å². The van der Waals surface area contributed by atoms with Crippen molar-refractivity contribution in [1.82, 2.24) is 15.0 Å². The number of aromatic nitrogens is 3. The summed E-state index contributed by atoms with van der Waals surface area (Å²) in [7, 11) is 0. The molecule has 5 heteroatoms. The van der Waals surface area contributed by atoms with E-state index in [9.17, 15) is 0 Å². The molecule has 0 aliphatic carbocycles. The lowest BCUT2D eigenvalue weighted by atomic mass is 9.90. The highest BCUT2D eigenvalue weighted by atomic mass is 16.5. The maximum Gasteiger partial charge on any atom is 0.119 e. The Hall–Kier alpha value is -1.88. The SMILES string of the molecule is CC(C)COc1ccc(-n2nnc(CN)c2C(C)(C)C)cc1. The monoisotopic (exact) mass is 302 g/mol. The number of hydrogen-bond donors (Lipinski definition) is 1. The molecule has 0 spiro atoms. The third-order valence-corrected chi connectivity index (χ3v) is 3.31. The highest BCUT2D eigenvalue weighted by molar-refractivity contribution is 5.39. The summed E-state index contributed by atoms with van der Waals surface area (Å²) in [6.07, 6.45) is 0. The first kappa shape index (κ1) is 16.5. The molecule has 0 radical (unpaired) electrons. The summed E-state index contributed by atoms with van der Waals surface area (Å²) < 4.78 is 7.59. The summed E-state index contributed by atoms with van der Waals surface area (Å²) >= 11 is 0. The van der Waals surface area contributed by atoms with Crippen LogP contribution in [0.25, 0.3) is 5.69 Å². The molecule has 2 rings (SSSR count). The number of hydrogen-bond acceptors (Lipinski definition) is 4. The topological polar surface area (TPSA) is 66.0 Å². The van der Waals surface area contributed by atoms with Gasteiger partial charge in [-0.05, 0) is 30.2 Å². The van der Waals surface area contributed by atoms with Gasteiger partial charge in [-0.2, -0.15) is 0 Å². The lowest BCUT2D eigenvalue weighted by Crippen LogP contribution is -2.20. The minimum Gasteiger partial charge on any atom is -0.493 e. The minimum absolute atomic E-state index is 0.0784. The highest BCUT2D eigenvalue weighted by Crippen LogP contribution is 2.27. The van der Waals surface area contributed by atoms with Crippen LogP contribution >= 0.6 is 0 Å². The van der Waals surface area contributed by atoms with Gasteiger partial charge in [0.25, 0.3) is 0 Å². The van der Waals surface area contributed by atoms with Gasteiger partial charge in [0.05, 0.1) is 18.0 Å². The van der Waals surface area contributed by atoms with Crippen LogP contribution in [0.2, 0.25) is 0 Å². The van der Waals surface area contributed by atoms with Gasteiger partial charge in [0.1, 0.15) is 11.4 Å². The molecule has 0 atom stereocenters. The van der Waals surface area contributed by atoms with Crippen LogP contribution in [0, 0.1) is 5.92 Å². The van der Waals surface area contributed by atoms with Crippen molar-refractivity contribution in [1.29, 1.82) is 0 Å². The van der Waals surface area contributed by atoms with Gasteiger partial charge in [0, 0.05) is 12.0 Å². The Kier molecular flexibility index (Phi) is 4.86. The Morgan fingerprint density at radius 1 is 1.18 bits per heavy atom. The van der Waals surface area contributed by atoms with Crippen molar-refractivity contribution in [3.05, 3.63) is 35.7 Å². The van der Waals surface area contributed by atoms with Crippen molar-refractivity contribution in [2.75, 3.05) is 6.61 Å². The summed E-state index contributed by atoms with van der Waals surface area (Å²) in [6, 6.07) is 7.93. The minimum atomic E-state index is -0.0784. The molecule has 5 nitrogen and oxygen atoms in total. The average Bonchev–Trinajstić information content (AvgIpc) is 2.89. The molecular weight excluding hydrogens is 276 g/mol. The molecule has 1 aromatic carbocycles. The average molecular weight is 302 g/mol. The Bertz CT molecular complexity index is 609. The Morgan fingerprint density at radius 2 is 1.82 bits per heavy atom. The number of ether oxygens (including phenoxy) is 1. The first-order chi connectivity index (χ1) is 10.3. The fourth-order valence-corrected chi connectivity index (χ4v) is 2.33. The summed E-state index contributed by atoms with van der Waals surface area (Å²) in [5, 5.41) is 8.49. The quantitative estimate of drug-likeness (QED) is 0.922. The zero-order valence-electron chi connectivity index (χ0n) is 14.1. The van der Waals surface area contributed by atoms with Crippen LogP contribution in [0.1, 0.15) is 46.0 Å². The fraction of sp³-hybridized carbons (Fsp3) is 0.529. The van der Waals surface area contributed by atoms with Gasteiger partial charge in [-0.3, -0.25) is 0 Å². The summed E-state index contributed by atoms with van der Waals surface area (Å²) in [5.41, 5.74) is 8.57. The maximum atomic E-state index is 5.79. The summed E-state index contributed by atoms with van der Waals surface area (Å²) in [4.78, 5) is 0. The van der Waals surface area contributed by atoms with E-state index in [4.69, 9.17) is 10.5 Å². The van der Waals surface area contributed by atoms with E-state index < -0.39 is 0 Å². The van der Waals surface area contributed by atoms with Crippen LogP contribution in [-0.4, -0.2) is 21.6 Å². The lowest BCUT2D eigenvalue weighted by Gasteiger charge is -2.21. The molecule has 2 aromatic rings. The van der Waals surface area contributed by atoms with E-state index in [1.165, 1.54) is 0 Å². The second-order valence-electron chi connectivity index (χ2n) is 6.95. The molecule has 2 N–H and O–H groups in total. The third-order valence-electron chi connectivity index (χ3n) is 3.31. The van der Waals surface area contributed by atoms with Gasteiger partial charge in [0.2, 0.25) is 0 Å².